The zero-order valence-electron chi connectivity index (χ0n) is 17.2. The summed E-state index contributed by atoms with van der Waals surface area (Å²) >= 11 is 0. The van der Waals surface area contributed by atoms with Crippen LogP contribution in [0.1, 0.15) is 54.5 Å². The largest absolute Gasteiger partial charge is 0.416 e. The average molecular weight is 417 g/mol. The first kappa shape index (κ1) is 20.9. The Labute approximate surface area is 174 Å². The van der Waals surface area contributed by atoms with Gasteiger partial charge in [0.25, 0.3) is 0 Å². The molecule has 2 aliphatic rings. The first-order valence-electron chi connectivity index (χ1n) is 10.2. The lowest BCUT2D eigenvalue weighted by molar-refractivity contribution is -0.137. The molecule has 30 heavy (non-hydrogen) atoms. The number of halogens is 3. The first-order chi connectivity index (χ1) is 14.1. The monoisotopic (exact) mass is 417 g/mol. The van der Waals surface area contributed by atoms with Gasteiger partial charge >= 0.3 is 6.18 Å². The van der Waals surface area contributed by atoms with E-state index in [-0.39, 0.29) is 16.7 Å². The van der Waals surface area contributed by atoms with Crippen LogP contribution in [0.4, 0.5) is 13.2 Å². The predicted octanol–water partition coefficient (Wildman–Crippen LogP) is 5.33. The number of hydrogen-bond donors (Lipinski definition) is 1. The van der Waals surface area contributed by atoms with Gasteiger partial charge in [-0.1, -0.05) is 42.0 Å². The number of ether oxygens (including phenoxy) is 1. The van der Waals surface area contributed by atoms with E-state index >= 15 is 0 Å². The van der Waals surface area contributed by atoms with Crippen molar-refractivity contribution in [3.63, 3.8) is 0 Å². The van der Waals surface area contributed by atoms with Gasteiger partial charge in [0.15, 0.2) is 0 Å². The first-order valence-corrected chi connectivity index (χ1v) is 10.2. The molecule has 1 heterocycles. The number of carbonyl (C=O) groups is 1. The molecule has 1 aliphatic heterocycles. The molecule has 2 aromatic rings. The summed E-state index contributed by atoms with van der Waals surface area (Å²) in [4.78, 5) is 11.8. The standard InChI is InChI=1S/C24H26F3NO2/c1-16-8-18(10-20(9-16)24(25,26)27)17(2)30-15-23(19-6-4-3-5-7-19)12-22(13-23)11-21(29)28-14-22/h3-10,17H,11-15H2,1-2H3,(H,28,29)/t17-,22?,23?/m1/s1. The third-order valence-electron chi connectivity index (χ3n) is 6.52. The zero-order chi connectivity index (χ0) is 21.6. The number of hydrogen-bond acceptors (Lipinski definition) is 2. The van der Waals surface area contributed by atoms with Gasteiger partial charge in [0.1, 0.15) is 0 Å². The minimum Gasteiger partial charge on any atom is -0.373 e. The van der Waals surface area contributed by atoms with E-state index in [1.165, 1.54) is 6.07 Å². The van der Waals surface area contributed by atoms with Crippen molar-refractivity contribution < 1.29 is 22.7 Å². The summed E-state index contributed by atoms with van der Waals surface area (Å²) in [6.45, 7) is 4.55. The SMILES string of the molecule is Cc1cc([C@@H](C)OCC2(c3ccccc3)CC3(CNC(=O)C3)C2)cc(C(F)(F)F)c1. The Balaban J connectivity index is 1.53. The lowest BCUT2D eigenvalue weighted by atomic mass is 9.50. The fraction of sp³-hybridized carbons (Fsp3) is 0.458. The molecule has 1 aliphatic carbocycles. The molecule has 6 heteroatoms. The smallest absolute Gasteiger partial charge is 0.373 e. The van der Waals surface area contributed by atoms with E-state index in [1.54, 1.807) is 19.9 Å². The van der Waals surface area contributed by atoms with E-state index in [2.05, 4.69) is 17.4 Å². The van der Waals surface area contributed by atoms with Crippen molar-refractivity contribution in [3.05, 3.63) is 70.8 Å². The highest BCUT2D eigenvalue weighted by molar-refractivity contribution is 5.79. The number of aryl methyl sites for hydroxylation is 1. The third-order valence-corrected chi connectivity index (χ3v) is 6.52. The molecule has 1 saturated heterocycles. The molecule has 1 atom stereocenters. The molecule has 0 aromatic heterocycles. The van der Waals surface area contributed by atoms with Crippen LogP contribution in [0.15, 0.2) is 48.5 Å². The van der Waals surface area contributed by atoms with Crippen LogP contribution in [0.25, 0.3) is 0 Å². The number of rotatable bonds is 5. The number of amides is 1. The Morgan fingerprint density at radius 2 is 1.83 bits per heavy atom. The second-order valence-electron chi connectivity index (χ2n) is 9.04. The number of nitrogens with one attached hydrogen (secondary N) is 1. The van der Waals surface area contributed by atoms with E-state index in [0.29, 0.717) is 30.7 Å². The molecule has 0 bridgehead atoms. The summed E-state index contributed by atoms with van der Waals surface area (Å²) in [5.74, 6) is 0.0883. The van der Waals surface area contributed by atoms with Crippen molar-refractivity contribution in [1.29, 1.82) is 0 Å². The molecule has 2 fully saturated rings. The summed E-state index contributed by atoms with van der Waals surface area (Å²) in [6.07, 6.45) is -2.65. The molecule has 1 saturated carbocycles. The van der Waals surface area contributed by atoms with Crippen molar-refractivity contribution in [3.8, 4) is 0 Å². The molecule has 0 unspecified atom stereocenters. The van der Waals surface area contributed by atoms with Crippen molar-refractivity contribution in [1.82, 2.24) is 5.32 Å². The van der Waals surface area contributed by atoms with Crippen LogP contribution in [-0.4, -0.2) is 19.1 Å². The Morgan fingerprint density at radius 1 is 1.13 bits per heavy atom. The van der Waals surface area contributed by atoms with Crippen LogP contribution in [-0.2, 0) is 21.1 Å². The summed E-state index contributed by atoms with van der Waals surface area (Å²) < 4.78 is 45.8. The lowest BCUT2D eigenvalue weighted by Crippen LogP contribution is -2.53. The molecular weight excluding hydrogens is 391 g/mol. The van der Waals surface area contributed by atoms with Crippen LogP contribution in [0.3, 0.4) is 0 Å². The molecule has 1 N–H and O–H groups in total. The lowest BCUT2D eigenvalue weighted by Gasteiger charge is -2.54. The van der Waals surface area contributed by atoms with E-state index in [4.69, 9.17) is 4.74 Å². The van der Waals surface area contributed by atoms with Crippen LogP contribution < -0.4 is 5.32 Å². The molecule has 4 rings (SSSR count). The summed E-state index contributed by atoms with van der Waals surface area (Å²) in [7, 11) is 0. The number of carbonyl (C=O) groups excluding carboxylic acids is 1. The van der Waals surface area contributed by atoms with Crippen molar-refractivity contribution >= 4 is 5.91 Å². The summed E-state index contributed by atoms with van der Waals surface area (Å²) in [6, 6.07) is 14.1. The maximum Gasteiger partial charge on any atom is 0.416 e. The third kappa shape index (κ3) is 3.97. The van der Waals surface area contributed by atoms with Gasteiger partial charge in [0, 0.05) is 18.4 Å². The Bertz CT molecular complexity index is 933. The second kappa shape index (κ2) is 7.41. The second-order valence-corrected chi connectivity index (χ2v) is 9.04. The van der Waals surface area contributed by atoms with Gasteiger partial charge in [-0.15, -0.1) is 0 Å². The molecule has 3 nitrogen and oxygen atoms in total. The molecule has 2 aromatic carbocycles. The van der Waals surface area contributed by atoms with Gasteiger partial charge in [-0.3, -0.25) is 4.79 Å². The van der Waals surface area contributed by atoms with Gasteiger partial charge in [-0.25, -0.2) is 0 Å². The van der Waals surface area contributed by atoms with Crippen molar-refractivity contribution in [2.45, 2.75) is 50.8 Å². The van der Waals surface area contributed by atoms with Gasteiger partial charge in [-0.05, 0) is 55.4 Å². The highest BCUT2D eigenvalue weighted by Gasteiger charge is 2.58. The van der Waals surface area contributed by atoms with Gasteiger partial charge in [0.2, 0.25) is 5.91 Å². The Hall–Kier alpha value is -2.34. The van der Waals surface area contributed by atoms with Crippen LogP contribution in [0, 0.1) is 12.3 Å². The van der Waals surface area contributed by atoms with Crippen LogP contribution in [0.5, 0.6) is 0 Å². The molecule has 0 radical (unpaired) electrons. The fourth-order valence-electron chi connectivity index (χ4n) is 5.16. The molecular formula is C24H26F3NO2. The topological polar surface area (TPSA) is 38.3 Å². The maximum atomic E-state index is 13.2. The van der Waals surface area contributed by atoms with Crippen molar-refractivity contribution in [2.24, 2.45) is 5.41 Å². The van der Waals surface area contributed by atoms with Gasteiger partial charge in [0.05, 0.1) is 18.3 Å². The number of alkyl halides is 3. The minimum absolute atomic E-state index is 0.0354. The minimum atomic E-state index is -4.38. The number of benzene rings is 2. The Morgan fingerprint density at radius 3 is 2.43 bits per heavy atom. The highest BCUT2D eigenvalue weighted by atomic mass is 19.4. The fourth-order valence-corrected chi connectivity index (χ4v) is 5.16. The molecule has 1 amide bonds. The van der Waals surface area contributed by atoms with Gasteiger partial charge < -0.3 is 10.1 Å². The van der Waals surface area contributed by atoms with Crippen LogP contribution >= 0.6 is 0 Å². The maximum absolute atomic E-state index is 13.2. The van der Waals surface area contributed by atoms with Crippen molar-refractivity contribution in [2.75, 3.05) is 13.2 Å². The van der Waals surface area contributed by atoms with E-state index in [9.17, 15) is 18.0 Å². The quantitative estimate of drug-likeness (QED) is 0.714. The summed E-state index contributed by atoms with van der Waals surface area (Å²) in [5, 5.41) is 2.93. The summed E-state index contributed by atoms with van der Waals surface area (Å²) in [5.41, 5.74) is 1.33. The molecule has 1 spiro atoms. The van der Waals surface area contributed by atoms with Gasteiger partial charge in [-0.2, -0.15) is 13.2 Å². The van der Waals surface area contributed by atoms with Crippen LogP contribution in [0.2, 0.25) is 0 Å². The molecule has 160 valence electrons. The van der Waals surface area contributed by atoms with E-state index in [1.807, 2.05) is 18.2 Å². The Kier molecular flexibility index (Phi) is 5.17. The predicted molar refractivity (Wildman–Crippen MR) is 108 cm³/mol. The average Bonchev–Trinajstić information content (AvgIpc) is 3.06. The van der Waals surface area contributed by atoms with E-state index in [0.717, 1.165) is 24.5 Å². The zero-order valence-corrected chi connectivity index (χ0v) is 17.2. The highest BCUT2D eigenvalue weighted by Crippen LogP contribution is 2.59. The normalized spacial score (nSPS) is 27.0. The van der Waals surface area contributed by atoms with E-state index < -0.39 is 17.8 Å².